The number of aromatic nitrogens is 2. The summed E-state index contributed by atoms with van der Waals surface area (Å²) in [5.41, 5.74) is 2.92. The molecule has 0 N–H and O–H groups in total. The molecule has 0 aliphatic rings. The van der Waals surface area contributed by atoms with E-state index in [1.165, 1.54) is 0 Å². The molecule has 2 aromatic heterocycles. The second-order valence-corrected chi connectivity index (χ2v) is 4.31. The second-order valence-electron chi connectivity index (χ2n) is 3.90. The molecular weight excluding hydrogens is 248 g/mol. The first-order valence-corrected chi connectivity index (χ1v) is 5.85. The van der Waals surface area contributed by atoms with Crippen molar-refractivity contribution in [3.8, 4) is 11.3 Å². The molecule has 4 heteroatoms. The number of rotatable bonds is 2. The van der Waals surface area contributed by atoms with Crippen molar-refractivity contribution in [3.63, 3.8) is 0 Å². The standard InChI is InChI=1S/C14H9ClN2O/c15-12-6-2-1-5-11(12)13-8-17-10(9-18)4-3-7-14(17)16-13/h1-9H. The van der Waals surface area contributed by atoms with E-state index in [4.69, 9.17) is 11.6 Å². The van der Waals surface area contributed by atoms with Gasteiger partial charge in [-0.3, -0.25) is 9.20 Å². The molecule has 18 heavy (non-hydrogen) atoms. The summed E-state index contributed by atoms with van der Waals surface area (Å²) in [6, 6.07) is 12.9. The van der Waals surface area contributed by atoms with Gasteiger partial charge in [0.2, 0.25) is 0 Å². The van der Waals surface area contributed by atoms with Crippen LogP contribution in [-0.2, 0) is 0 Å². The van der Waals surface area contributed by atoms with Crippen molar-refractivity contribution in [3.05, 3.63) is 59.4 Å². The molecule has 0 bridgehead atoms. The largest absolute Gasteiger partial charge is 0.296 e. The van der Waals surface area contributed by atoms with Crippen LogP contribution in [0.4, 0.5) is 0 Å². The van der Waals surface area contributed by atoms with E-state index < -0.39 is 0 Å². The highest BCUT2D eigenvalue weighted by Crippen LogP contribution is 2.27. The number of carbonyl (C=O) groups excluding carboxylic acids is 1. The molecule has 0 unspecified atom stereocenters. The van der Waals surface area contributed by atoms with E-state index in [0.717, 1.165) is 23.2 Å². The van der Waals surface area contributed by atoms with E-state index in [-0.39, 0.29) is 0 Å². The first-order valence-electron chi connectivity index (χ1n) is 5.48. The molecule has 0 fully saturated rings. The number of pyridine rings is 1. The fourth-order valence-electron chi connectivity index (χ4n) is 1.93. The fraction of sp³-hybridized carbons (Fsp3) is 0. The van der Waals surface area contributed by atoms with Crippen LogP contribution in [0.2, 0.25) is 5.02 Å². The number of imidazole rings is 1. The zero-order chi connectivity index (χ0) is 12.5. The van der Waals surface area contributed by atoms with Gasteiger partial charge in [-0.15, -0.1) is 0 Å². The molecule has 3 nitrogen and oxygen atoms in total. The maximum atomic E-state index is 11.0. The lowest BCUT2D eigenvalue weighted by atomic mass is 10.2. The Labute approximate surface area is 109 Å². The summed E-state index contributed by atoms with van der Waals surface area (Å²) in [5.74, 6) is 0. The topological polar surface area (TPSA) is 34.4 Å². The molecular formula is C14H9ClN2O. The van der Waals surface area contributed by atoms with Crippen LogP contribution in [0.1, 0.15) is 10.5 Å². The molecule has 88 valence electrons. The Morgan fingerprint density at radius 2 is 1.94 bits per heavy atom. The van der Waals surface area contributed by atoms with Crippen molar-refractivity contribution in [1.29, 1.82) is 0 Å². The van der Waals surface area contributed by atoms with Gasteiger partial charge in [0.25, 0.3) is 0 Å². The van der Waals surface area contributed by atoms with Gasteiger partial charge in [-0.2, -0.15) is 0 Å². The third-order valence-electron chi connectivity index (χ3n) is 2.79. The SMILES string of the molecule is O=Cc1cccc2nc(-c3ccccc3Cl)cn12. The molecule has 0 radical (unpaired) electrons. The smallest absolute Gasteiger partial charge is 0.166 e. The van der Waals surface area contributed by atoms with Gasteiger partial charge < -0.3 is 0 Å². The molecule has 0 amide bonds. The van der Waals surface area contributed by atoms with Crippen molar-refractivity contribution in [2.24, 2.45) is 0 Å². The molecule has 3 aromatic rings. The third-order valence-corrected chi connectivity index (χ3v) is 3.12. The Hall–Kier alpha value is -2.13. The lowest BCUT2D eigenvalue weighted by Crippen LogP contribution is -1.91. The number of aldehydes is 1. The highest BCUT2D eigenvalue weighted by Gasteiger charge is 2.08. The number of nitrogens with zero attached hydrogens (tertiary/aromatic N) is 2. The molecule has 0 aliphatic heterocycles. The van der Waals surface area contributed by atoms with E-state index in [1.54, 1.807) is 10.5 Å². The number of benzene rings is 1. The van der Waals surface area contributed by atoms with E-state index in [0.29, 0.717) is 10.7 Å². The summed E-state index contributed by atoms with van der Waals surface area (Å²) < 4.78 is 1.76. The first-order chi connectivity index (χ1) is 8.79. The van der Waals surface area contributed by atoms with E-state index in [2.05, 4.69) is 4.98 Å². The van der Waals surface area contributed by atoms with Crippen LogP contribution in [0, 0.1) is 0 Å². The summed E-state index contributed by atoms with van der Waals surface area (Å²) in [6.45, 7) is 0. The predicted molar refractivity (Wildman–Crippen MR) is 71.0 cm³/mol. The van der Waals surface area contributed by atoms with Gasteiger partial charge >= 0.3 is 0 Å². The summed E-state index contributed by atoms with van der Waals surface area (Å²) in [4.78, 5) is 15.4. The molecule has 2 heterocycles. The van der Waals surface area contributed by atoms with Gasteiger partial charge in [0.15, 0.2) is 6.29 Å². The summed E-state index contributed by atoms with van der Waals surface area (Å²) in [7, 11) is 0. The maximum Gasteiger partial charge on any atom is 0.166 e. The maximum absolute atomic E-state index is 11.0. The lowest BCUT2D eigenvalue weighted by Gasteiger charge is -1.98. The number of fused-ring (bicyclic) bond motifs is 1. The van der Waals surface area contributed by atoms with Crippen LogP contribution >= 0.6 is 11.6 Å². The first kappa shape index (κ1) is 11.0. The van der Waals surface area contributed by atoms with Crippen LogP contribution in [0.25, 0.3) is 16.9 Å². The van der Waals surface area contributed by atoms with Crippen LogP contribution < -0.4 is 0 Å². The van der Waals surface area contributed by atoms with E-state index in [1.807, 2.05) is 42.6 Å². The van der Waals surface area contributed by atoms with Gasteiger partial charge in [0.05, 0.1) is 16.4 Å². The normalized spacial score (nSPS) is 10.7. The number of carbonyl (C=O) groups is 1. The van der Waals surface area contributed by atoms with Crippen LogP contribution in [0.3, 0.4) is 0 Å². The van der Waals surface area contributed by atoms with Crippen LogP contribution in [0.15, 0.2) is 48.7 Å². The third kappa shape index (κ3) is 1.69. The predicted octanol–water partition coefficient (Wildman–Crippen LogP) is 3.47. The van der Waals surface area contributed by atoms with Gasteiger partial charge in [-0.25, -0.2) is 4.98 Å². The van der Waals surface area contributed by atoms with Crippen molar-refractivity contribution in [2.45, 2.75) is 0 Å². The zero-order valence-corrected chi connectivity index (χ0v) is 10.1. The average molecular weight is 257 g/mol. The summed E-state index contributed by atoms with van der Waals surface area (Å²) in [5, 5.41) is 0.647. The van der Waals surface area contributed by atoms with Gasteiger partial charge in [0.1, 0.15) is 5.65 Å². The Balaban J connectivity index is 2.26. The van der Waals surface area contributed by atoms with Crippen molar-refractivity contribution < 1.29 is 4.79 Å². The monoisotopic (exact) mass is 256 g/mol. The molecule has 0 saturated carbocycles. The van der Waals surface area contributed by atoms with Gasteiger partial charge in [-0.05, 0) is 18.2 Å². The minimum atomic E-state index is 0.568. The van der Waals surface area contributed by atoms with Crippen LogP contribution in [-0.4, -0.2) is 15.7 Å². The Kier molecular flexibility index (Phi) is 2.61. The quantitative estimate of drug-likeness (QED) is 0.658. The lowest BCUT2D eigenvalue weighted by molar-refractivity contribution is 0.111. The molecule has 0 saturated heterocycles. The second kappa shape index (κ2) is 4.27. The molecule has 1 aromatic carbocycles. The molecule has 0 atom stereocenters. The Morgan fingerprint density at radius 3 is 2.72 bits per heavy atom. The molecule has 0 spiro atoms. The van der Waals surface area contributed by atoms with Crippen molar-refractivity contribution in [2.75, 3.05) is 0 Å². The average Bonchev–Trinajstić information content (AvgIpc) is 2.82. The number of hydrogen-bond donors (Lipinski definition) is 0. The number of hydrogen-bond acceptors (Lipinski definition) is 2. The number of halogens is 1. The molecule has 0 aliphatic carbocycles. The van der Waals surface area contributed by atoms with Gasteiger partial charge in [0, 0.05) is 11.8 Å². The van der Waals surface area contributed by atoms with Crippen LogP contribution in [0.5, 0.6) is 0 Å². The minimum Gasteiger partial charge on any atom is -0.296 e. The minimum absolute atomic E-state index is 0.568. The van der Waals surface area contributed by atoms with E-state index >= 15 is 0 Å². The van der Waals surface area contributed by atoms with Gasteiger partial charge in [-0.1, -0.05) is 35.9 Å². The summed E-state index contributed by atoms with van der Waals surface area (Å²) >= 11 is 6.14. The fourth-order valence-corrected chi connectivity index (χ4v) is 2.16. The molecule has 3 rings (SSSR count). The Bertz CT molecular complexity index is 733. The summed E-state index contributed by atoms with van der Waals surface area (Å²) in [6.07, 6.45) is 2.63. The van der Waals surface area contributed by atoms with E-state index in [9.17, 15) is 4.79 Å². The zero-order valence-electron chi connectivity index (χ0n) is 9.38. The van der Waals surface area contributed by atoms with Crippen molar-refractivity contribution >= 4 is 23.5 Å². The highest BCUT2D eigenvalue weighted by atomic mass is 35.5. The van der Waals surface area contributed by atoms with Crippen molar-refractivity contribution in [1.82, 2.24) is 9.38 Å². The Morgan fingerprint density at radius 1 is 1.11 bits per heavy atom. The highest BCUT2D eigenvalue weighted by molar-refractivity contribution is 6.33.